The summed E-state index contributed by atoms with van der Waals surface area (Å²) in [5.41, 5.74) is 0.373. The average molecular weight is 611 g/mol. The SMILES string of the molecule is COc1ccc([C@@H]2CC(=O)c3c(O)cc(O[C@@H]4O[C@H](CO[C@@H]5O[C@H](C)[C@H](O)[C@H](O)[C@@H]5O)[C@H](O)[C@H](O)[C@@H]4O)cc3O2)cc1O. The van der Waals surface area contributed by atoms with E-state index in [1.54, 1.807) is 6.07 Å². The van der Waals surface area contributed by atoms with Gasteiger partial charge in [0.25, 0.3) is 0 Å². The molecule has 2 saturated heterocycles. The monoisotopic (exact) mass is 610 g/mol. The number of carbonyl (C=O) groups excluding carboxylic acids is 1. The number of hydrogen-bond acceptors (Lipinski definition) is 15. The zero-order valence-corrected chi connectivity index (χ0v) is 23.1. The third kappa shape index (κ3) is 6.08. The van der Waals surface area contributed by atoms with Crippen LogP contribution in [0.3, 0.4) is 0 Å². The molecule has 15 heteroatoms. The highest BCUT2D eigenvalue weighted by Crippen LogP contribution is 2.43. The summed E-state index contributed by atoms with van der Waals surface area (Å²) in [6, 6.07) is 6.90. The Bertz CT molecular complexity index is 1320. The second kappa shape index (κ2) is 12.4. The number of rotatable bonds is 7. The van der Waals surface area contributed by atoms with Crippen LogP contribution >= 0.6 is 0 Å². The molecule has 3 heterocycles. The fourth-order valence-corrected chi connectivity index (χ4v) is 5.20. The fraction of sp³-hybridized carbons (Fsp3) is 0.536. The standard InChI is InChI=1S/C28H34O15/c1-10-21(32)23(34)25(36)27(40-10)39-9-19-22(33)24(35)26(37)28(43-19)41-12-6-14(30)20-15(31)8-17(42-18(20)7-12)11-3-4-16(38-2)13(29)5-11/h3-7,10,17,19,21-30,32-37H,8-9H2,1-2H3/t10-,17+,19-,21+,22+,23+,24+,25+,26+,27-,28-/m1/s1. The minimum atomic E-state index is -1.77. The molecule has 43 heavy (non-hydrogen) atoms. The van der Waals surface area contributed by atoms with Gasteiger partial charge in [0.2, 0.25) is 6.29 Å². The van der Waals surface area contributed by atoms with Crippen molar-refractivity contribution in [2.75, 3.05) is 13.7 Å². The number of aromatic hydroxyl groups is 2. The molecule has 236 valence electrons. The Morgan fingerprint density at radius 3 is 2.23 bits per heavy atom. The van der Waals surface area contributed by atoms with E-state index >= 15 is 0 Å². The molecule has 0 unspecified atom stereocenters. The predicted octanol–water partition coefficient (Wildman–Crippen LogP) is -1.16. The number of ketones is 1. The summed E-state index contributed by atoms with van der Waals surface area (Å²) in [5.74, 6) is -0.999. The molecule has 0 aromatic heterocycles. The first-order chi connectivity index (χ1) is 20.4. The van der Waals surface area contributed by atoms with Crippen molar-refractivity contribution in [3.63, 3.8) is 0 Å². The minimum Gasteiger partial charge on any atom is -0.507 e. The topological polar surface area (TPSA) is 234 Å². The average Bonchev–Trinajstić information content (AvgIpc) is 2.97. The summed E-state index contributed by atoms with van der Waals surface area (Å²) >= 11 is 0. The number of phenolic OH excluding ortho intramolecular Hbond substituents is 2. The predicted molar refractivity (Wildman–Crippen MR) is 141 cm³/mol. The quantitative estimate of drug-likeness (QED) is 0.185. The molecule has 0 bridgehead atoms. The molecule has 3 aliphatic heterocycles. The lowest BCUT2D eigenvalue weighted by atomic mass is 9.95. The van der Waals surface area contributed by atoms with E-state index in [9.17, 15) is 45.6 Å². The van der Waals surface area contributed by atoms with Crippen molar-refractivity contribution >= 4 is 5.78 Å². The molecule has 3 aliphatic rings. The van der Waals surface area contributed by atoms with Gasteiger partial charge in [-0.3, -0.25) is 4.79 Å². The minimum absolute atomic E-state index is 0.0457. The second-order valence-corrected chi connectivity index (χ2v) is 10.6. The number of aliphatic hydroxyl groups excluding tert-OH is 6. The normalized spacial score (nSPS) is 36.0. The largest absolute Gasteiger partial charge is 0.507 e. The van der Waals surface area contributed by atoms with Gasteiger partial charge >= 0.3 is 0 Å². The summed E-state index contributed by atoms with van der Waals surface area (Å²) in [5, 5.41) is 82.2. The summed E-state index contributed by atoms with van der Waals surface area (Å²) in [6.45, 7) is 0.964. The molecular formula is C28H34O15. The molecule has 0 saturated carbocycles. The maximum atomic E-state index is 12.9. The van der Waals surface area contributed by atoms with Crippen LogP contribution in [0.25, 0.3) is 0 Å². The van der Waals surface area contributed by atoms with Gasteiger partial charge in [-0.15, -0.1) is 0 Å². The van der Waals surface area contributed by atoms with Crippen LogP contribution in [0.5, 0.6) is 28.7 Å². The van der Waals surface area contributed by atoms with Crippen LogP contribution in [0.2, 0.25) is 0 Å². The Balaban J connectivity index is 1.30. The van der Waals surface area contributed by atoms with Crippen molar-refractivity contribution in [3.05, 3.63) is 41.5 Å². The van der Waals surface area contributed by atoms with Gasteiger partial charge in [0.15, 0.2) is 23.6 Å². The summed E-state index contributed by atoms with van der Waals surface area (Å²) in [4.78, 5) is 12.9. The van der Waals surface area contributed by atoms with Crippen LogP contribution < -0.4 is 14.2 Å². The number of ether oxygens (including phenoxy) is 6. The maximum Gasteiger partial charge on any atom is 0.229 e. The molecule has 2 fully saturated rings. The number of carbonyl (C=O) groups is 1. The third-order valence-electron chi connectivity index (χ3n) is 7.70. The van der Waals surface area contributed by atoms with Crippen molar-refractivity contribution in [2.24, 2.45) is 0 Å². The van der Waals surface area contributed by atoms with Gasteiger partial charge in [-0.1, -0.05) is 6.07 Å². The number of aliphatic hydroxyl groups is 6. The first-order valence-corrected chi connectivity index (χ1v) is 13.5. The van der Waals surface area contributed by atoms with Crippen molar-refractivity contribution in [2.45, 2.75) is 80.9 Å². The smallest absolute Gasteiger partial charge is 0.229 e. The second-order valence-electron chi connectivity index (χ2n) is 10.6. The van der Waals surface area contributed by atoms with Crippen molar-refractivity contribution in [1.82, 2.24) is 0 Å². The van der Waals surface area contributed by atoms with E-state index < -0.39 is 85.7 Å². The molecular weight excluding hydrogens is 576 g/mol. The number of Topliss-reactive ketones (excluding diaryl/α,β-unsaturated/α-hetero) is 1. The molecule has 5 rings (SSSR count). The molecule has 11 atom stereocenters. The lowest BCUT2D eigenvalue weighted by molar-refractivity contribution is -0.318. The van der Waals surface area contributed by atoms with Gasteiger partial charge in [-0.05, 0) is 24.6 Å². The number of methoxy groups -OCH3 is 1. The highest BCUT2D eigenvalue weighted by molar-refractivity contribution is 6.02. The van der Waals surface area contributed by atoms with Gasteiger partial charge in [0.1, 0.15) is 71.6 Å². The van der Waals surface area contributed by atoms with E-state index in [1.807, 2.05) is 0 Å². The van der Waals surface area contributed by atoms with E-state index in [-0.39, 0.29) is 35.0 Å². The van der Waals surface area contributed by atoms with Crippen LogP contribution in [0, 0.1) is 0 Å². The Morgan fingerprint density at radius 1 is 0.837 bits per heavy atom. The molecule has 0 spiro atoms. The molecule has 0 radical (unpaired) electrons. The number of hydrogen-bond donors (Lipinski definition) is 8. The summed E-state index contributed by atoms with van der Waals surface area (Å²) in [6.07, 6.45) is -15.9. The van der Waals surface area contributed by atoms with Gasteiger partial charge in [0, 0.05) is 12.1 Å². The summed E-state index contributed by atoms with van der Waals surface area (Å²) in [7, 11) is 1.39. The number of fused-ring (bicyclic) bond motifs is 1. The van der Waals surface area contributed by atoms with Gasteiger partial charge in [-0.2, -0.15) is 0 Å². The van der Waals surface area contributed by atoms with Gasteiger partial charge < -0.3 is 69.3 Å². The number of phenols is 2. The van der Waals surface area contributed by atoms with Gasteiger partial charge in [0.05, 0.1) is 26.2 Å². The summed E-state index contributed by atoms with van der Waals surface area (Å²) < 4.78 is 33.1. The lowest BCUT2D eigenvalue weighted by Crippen LogP contribution is -2.61. The Labute approximate surface area is 245 Å². The van der Waals surface area contributed by atoms with Crippen molar-refractivity contribution in [1.29, 1.82) is 0 Å². The lowest BCUT2D eigenvalue weighted by Gasteiger charge is -2.42. The maximum absolute atomic E-state index is 12.9. The van der Waals surface area contributed by atoms with Crippen molar-refractivity contribution in [3.8, 4) is 28.7 Å². The first kappa shape index (κ1) is 31.2. The van der Waals surface area contributed by atoms with Crippen LogP contribution in [0.1, 0.15) is 35.4 Å². The highest BCUT2D eigenvalue weighted by Gasteiger charge is 2.47. The molecule has 8 N–H and O–H groups in total. The fourth-order valence-electron chi connectivity index (χ4n) is 5.20. The van der Waals surface area contributed by atoms with Crippen LogP contribution in [-0.2, 0) is 14.2 Å². The Kier molecular flexibility index (Phi) is 8.99. The van der Waals surface area contributed by atoms with E-state index in [2.05, 4.69) is 0 Å². The third-order valence-corrected chi connectivity index (χ3v) is 7.70. The van der Waals surface area contributed by atoms with E-state index in [4.69, 9.17) is 28.4 Å². The highest BCUT2D eigenvalue weighted by atomic mass is 16.7. The van der Waals surface area contributed by atoms with E-state index in [0.29, 0.717) is 5.56 Å². The molecule has 2 aromatic carbocycles. The first-order valence-electron chi connectivity index (χ1n) is 13.5. The molecule has 2 aromatic rings. The Morgan fingerprint density at radius 2 is 1.53 bits per heavy atom. The van der Waals surface area contributed by atoms with Crippen LogP contribution in [-0.4, -0.2) is 122 Å². The Hall–Kier alpha value is -3.25. The van der Waals surface area contributed by atoms with E-state index in [0.717, 1.165) is 6.07 Å². The van der Waals surface area contributed by atoms with Crippen LogP contribution in [0.15, 0.2) is 30.3 Å². The molecule has 0 amide bonds. The zero-order valence-electron chi connectivity index (χ0n) is 23.1. The van der Waals surface area contributed by atoms with Crippen LogP contribution in [0.4, 0.5) is 0 Å². The van der Waals surface area contributed by atoms with E-state index in [1.165, 1.54) is 32.2 Å². The molecule has 0 aliphatic carbocycles. The zero-order chi connectivity index (χ0) is 31.2. The number of benzene rings is 2. The van der Waals surface area contributed by atoms with Crippen molar-refractivity contribution < 1.29 is 74.1 Å². The van der Waals surface area contributed by atoms with Gasteiger partial charge in [-0.25, -0.2) is 0 Å². The molecule has 15 nitrogen and oxygen atoms in total.